The summed E-state index contributed by atoms with van der Waals surface area (Å²) in [4.78, 5) is 16.5. The van der Waals surface area contributed by atoms with Gasteiger partial charge in [0.2, 0.25) is 0 Å². The van der Waals surface area contributed by atoms with Crippen LogP contribution in [0.15, 0.2) is 52.4 Å². The molecule has 0 aromatic heterocycles. The number of halogens is 3. The van der Waals surface area contributed by atoms with Gasteiger partial charge in [0.05, 0.1) is 16.2 Å². The first kappa shape index (κ1) is 18.3. The maximum absolute atomic E-state index is 13.1. The fourth-order valence-electron chi connectivity index (χ4n) is 2.46. The molecule has 1 heterocycles. The zero-order valence-corrected chi connectivity index (χ0v) is 14.8. The molecule has 1 fully saturated rings. The molecule has 1 amide bonds. The summed E-state index contributed by atoms with van der Waals surface area (Å²) in [5, 5.41) is 2.65. The molecular formula is C19H15F3N2OS. The van der Waals surface area contributed by atoms with Crippen LogP contribution in [0, 0.1) is 13.8 Å². The standard InChI is InChI=1S/C19H15F3N2OS/c1-11-7-8-12(2)13(9-11)10-16-17(25)24-18(26-16)23-15-6-4-3-5-14(15)19(20,21)22/h3-10H,1-2H3,(H,23,24,25)/b16-10+. The van der Waals surface area contributed by atoms with E-state index in [4.69, 9.17) is 0 Å². The number of thioether (sulfide) groups is 1. The molecule has 0 bridgehead atoms. The van der Waals surface area contributed by atoms with Crippen LogP contribution in [0.4, 0.5) is 18.9 Å². The Morgan fingerprint density at radius 3 is 2.58 bits per heavy atom. The lowest BCUT2D eigenvalue weighted by Gasteiger charge is -2.09. The van der Waals surface area contributed by atoms with Crippen LogP contribution in [0.2, 0.25) is 0 Å². The predicted molar refractivity (Wildman–Crippen MR) is 98.2 cm³/mol. The van der Waals surface area contributed by atoms with Crippen LogP contribution in [-0.2, 0) is 11.0 Å². The van der Waals surface area contributed by atoms with Crippen molar-refractivity contribution in [3.05, 3.63) is 69.6 Å². The van der Waals surface area contributed by atoms with Gasteiger partial charge in [0.15, 0.2) is 5.17 Å². The van der Waals surface area contributed by atoms with E-state index in [9.17, 15) is 18.0 Å². The second-order valence-electron chi connectivity index (χ2n) is 5.86. The lowest BCUT2D eigenvalue weighted by molar-refractivity contribution is -0.137. The number of nitrogens with zero attached hydrogens (tertiary/aromatic N) is 1. The van der Waals surface area contributed by atoms with Gasteiger partial charge in [-0.15, -0.1) is 0 Å². The second kappa shape index (κ2) is 6.99. The summed E-state index contributed by atoms with van der Waals surface area (Å²) in [5.74, 6) is -0.376. The highest BCUT2D eigenvalue weighted by Crippen LogP contribution is 2.37. The van der Waals surface area contributed by atoms with Crippen LogP contribution in [0.1, 0.15) is 22.3 Å². The fraction of sp³-hybridized carbons (Fsp3) is 0.158. The average molecular weight is 376 g/mol. The first-order chi connectivity index (χ1) is 12.2. The number of aliphatic imine (C=N–C) groups is 1. The van der Waals surface area contributed by atoms with Crippen molar-refractivity contribution in [1.29, 1.82) is 0 Å². The molecule has 26 heavy (non-hydrogen) atoms. The van der Waals surface area contributed by atoms with E-state index in [-0.39, 0.29) is 16.8 Å². The van der Waals surface area contributed by atoms with E-state index in [1.165, 1.54) is 18.2 Å². The van der Waals surface area contributed by atoms with Gasteiger partial charge in [0.1, 0.15) is 0 Å². The molecule has 0 saturated carbocycles. The summed E-state index contributed by atoms with van der Waals surface area (Å²) in [6, 6.07) is 10.9. The van der Waals surface area contributed by atoms with Crippen molar-refractivity contribution in [1.82, 2.24) is 5.32 Å². The van der Waals surface area contributed by atoms with Gasteiger partial charge in [-0.3, -0.25) is 4.79 Å². The number of carbonyl (C=O) groups is 1. The van der Waals surface area contributed by atoms with Gasteiger partial charge in [-0.2, -0.15) is 13.2 Å². The van der Waals surface area contributed by atoms with Gasteiger partial charge < -0.3 is 5.32 Å². The Labute approximate surface area is 153 Å². The van der Waals surface area contributed by atoms with Gasteiger partial charge in [0, 0.05) is 0 Å². The van der Waals surface area contributed by atoms with Crippen molar-refractivity contribution in [2.75, 3.05) is 0 Å². The Kier molecular flexibility index (Phi) is 4.91. The van der Waals surface area contributed by atoms with Gasteiger partial charge in [0.25, 0.3) is 5.91 Å². The molecule has 2 aromatic rings. The van der Waals surface area contributed by atoms with E-state index < -0.39 is 11.7 Å². The molecule has 2 aromatic carbocycles. The van der Waals surface area contributed by atoms with E-state index in [0.29, 0.717) is 4.91 Å². The lowest BCUT2D eigenvalue weighted by Crippen LogP contribution is -2.19. The lowest BCUT2D eigenvalue weighted by atomic mass is 10.1. The molecule has 0 aliphatic carbocycles. The normalized spacial score (nSPS) is 17.8. The van der Waals surface area contributed by atoms with Crippen molar-refractivity contribution in [3.8, 4) is 0 Å². The van der Waals surface area contributed by atoms with Crippen LogP contribution in [0.3, 0.4) is 0 Å². The molecular weight excluding hydrogens is 361 g/mol. The molecule has 3 rings (SSSR count). The van der Waals surface area contributed by atoms with E-state index in [2.05, 4.69) is 10.3 Å². The Hall–Kier alpha value is -2.54. The van der Waals surface area contributed by atoms with Crippen LogP contribution >= 0.6 is 11.8 Å². The van der Waals surface area contributed by atoms with E-state index in [1.807, 2.05) is 32.0 Å². The quantitative estimate of drug-likeness (QED) is 0.731. The highest BCUT2D eigenvalue weighted by Gasteiger charge is 2.34. The monoisotopic (exact) mass is 376 g/mol. The predicted octanol–water partition coefficient (Wildman–Crippen LogP) is 5.21. The fourth-order valence-corrected chi connectivity index (χ4v) is 3.28. The third-order valence-corrected chi connectivity index (χ3v) is 4.71. The number of hydrogen-bond acceptors (Lipinski definition) is 3. The summed E-state index contributed by atoms with van der Waals surface area (Å²) in [5.41, 5.74) is 1.88. The highest BCUT2D eigenvalue weighted by atomic mass is 32.2. The first-order valence-corrected chi connectivity index (χ1v) is 8.59. The molecule has 7 heteroatoms. The highest BCUT2D eigenvalue weighted by molar-refractivity contribution is 8.18. The number of amides is 1. The molecule has 1 N–H and O–H groups in total. The number of alkyl halides is 3. The van der Waals surface area contributed by atoms with Crippen LogP contribution in [0.25, 0.3) is 6.08 Å². The summed E-state index contributed by atoms with van der Waals surface area (Å²) in [6.45, 7) is 3.88. The first-order valence-electron chi connectivity index (χ1n) is 7.77. The van der Waals surface area contributed by atoms with Crippen molar-refractivity contribution in [2.45, 2.75) is 20.0 Å². The van der Waals surface area contributed by atoms with Gasteiger partial charge in [-0.1, -0.05) is 35.9 Å². The third-order valence-electron chi connectivity index (χ3n) is 3.80. The van der Waals surface area contributed by atoms with Crippen LogP contribution in [-0.4, -0.2) is 11.1 Å². The Morgan fingerprint density at radius 1 is 1.12 bits per heavy atom. The van der Waals surface area contributed by atoms with Crippen molar-refractivity contribution in [3.63, 3.8) is 0 Å². The number of amidine groups is 1. The summed E-state index contributed by atoms with van der Waals surface area (Å²) < 4.78 is 39.2. The van der Waals surface area contributed by atoms with Crippen molar-refractivity contribution >= 4 is 34.6 Å². The van der Waals surface area contributed by atoms with Crippen LogP contribution in [0.5, 0.6) is 0 Å². The molecule has 1 aliphatic rings. The average Bonchev–Trinajstić information content (AvgIpc) is 2.90. The number of hydrogen-bond donors (Lipinski definition) is 1. The largest absolute Gasteiger partial charge is 0.418 e. The van der Waals surface area contributed by atoms with Crippen molar-refractivity contribution in [2.24, 2.45) is 4.99 Å². The molecule has 1 saturated heterocycles. The minimum absolute atomic E-state index is 0.128. The molecule has 0 atom stereocenters. The van der Waals surface area contributed by atoms with Gasteiger partial charge in [-0.05, 0) is 54.9 Å². The summed E-state index contributed by atoms with van der Waals surface area (Å²) in [6.07, 6.45) is -2.79. The van der Waals surface area contributed by atoms with E-state index in [0.717, 1.165) is 34.5 Å². The topological polar surface area (TPSA) is 41.5 Å². The van der Waals surface area contributed by atoms with E-state index >= 15 is 0 Å². The number of rotatable bonds is 2. The zero-order valence-electron chi connectivity index (χ0n) is 14.0. The van der Waals surface area contributed by atoms with Gasteiger partial charge >= 0.3 is 6.18 Å². The maximum atomic E-state index is 13.1. The number of carbonyl (C=O) groups excluding carboxylic acids is 1. The minimum Gasteiger partial charge on any atom is -0.300 e. The molecule has 3 nitrogen and oxygen atoms in total. The van der Waals surface area contributed by atoms with E-state index in [1.54, 1.807) is 6.08 Å². The number of para-hydroxylation sites is 1. The molecule has 0 radical (unpaired) electrons. The summed E-state index contributed by atoms with van der Waals surface area (Å²) in [7, 11) is 0. The Bertz CT molecular complexity index is 933. The molecule has 1 aliphatic heterocycles. The van der Waals surface area contributed by atoms with Crippen molar-refractivity contribution < 1.29 is 18.0 Å². The SMILES string of the molecule is Cc1ccc(C)c(/C=C2/SC(=Nc3ccccc3C(F)(F)F)NC2=O)c1. The minimum atomic E-state index is -4.51. The maximum Gasteiger partial charge on any atom is 0.418 e. The zero-order chi connectivity index (χ0) is 18.9. The molecule has 0 unspecified atom stereocenters. The second-order valence-corrected chi connectivity index (χ2v) is 6.89. The smallest absolute Gasteiger partial charge is 0.300 e. The number of benzene rings is 2. The van der Waals surface area contributed by atoms with Gasteiger partial charge in [-0.25, -0.2) is 4.99 Å². The Balaban J connectivity index is 1.92. The third kappa shape index (κ3) is 3.99. The van der Waals surface area contributed by atoms with Crippen LogP contribution < -0.4 is 5.32 Å². The molecule has 134 valence electrons. The Morgan fingerprint density at radius 2 is 1.85 bits per heavy atom. The number of nitrogens with one attached hydrogen (secondary N) is 1. The summed E-state index contributed by atoms with van der Waals surface area (Å²) >= 11 is 1.03. The molecule has 0 spiro atoms. The number of aryl methyl sites for hydroxylation is 2.